The number of aromatic nitrogens is 1. The van der Waals surface area contributed by atoms with Gasteiger partial charge in [0.05, 0.1) is 22.7 Å². The molecule has 6 heteroatoms. The summed E-state index contributed by atoms with van der Waals surface area (Å²) in [6, 6.07) is 4.77. The van der Waals surface area contributed by atoms with Gasteiger partial charge in [0.2, 0.25) is 0 Å². The first-order valence-corrected chi connectivity index (χ1v) is 6.81. The molecule has 0 fully saturated rings. The minimum absolute atomic E-state index is 0.269. The van der Waals surface area contributed by atoms with Crippen LogP contribution in [0.4, 0.5) is 4.79 Å². The first-order chi connectivity index (χ1) is 9.58. The van der Waals surface area contributed by atoms with Crippen molar-refractivity contribution in [3.05, 3.63) is 30.1 Å². The highest BCUT2D eigenvalue weighted by atomic mass is 16.4. The van der Waals surface area contributed by atoms with E-state index >= 15 is 0 Å². The summed E-state index contributed by atoms with van der Waals surface area (Å²) in [7, 11) is 0. The molecule has 0 radical (unpaired) electrons. The molecule has 21 heavy (non-hydrogen) atoms. The average Bonchev–Trinajstić information content (AvgIpc) is 2.38. The summed E-state index contributed by atoms with van der Waals surface area (Å²) in [5, 5.41) is 14.7. The van der Waals surface area contributed by atoms with E-state index in [1.165, 1.54) is 0 Å². The fourth-order valence-corrected chi connectivity index (χ4v) is 1.65. The standard InChI is InChI=1S/C15H23N3O3/c1-10(11-8-6-7-9-16-11)17-13(21)18-15(4,5)14(2,3)12(19)20/h6-10H,1-5H3,(H,19,20)(H2,17,18,21). The summed E-state index contributed by atoms with van der Waals surface area (Å²) >= 11 is 0. The van der Waals surface area contributed by atoms with Crippen LogP contribution in [0.15, 0.2) is 24.4 Å². The van der Waals surface area contributed by atoms with E-state index in [1.807, 2.05) is 19.1 Å². The third-order valence-corrected chi connectivity index (χ3v) is 4.00. The second-order valence-corrected chi connectivity index (χ2v) is 6.13. The topological polar surface area (TPSA) is 91.3 Å². The Kier molecular flexibility index (Phi) is 4.93. The molecule has 0 aliphatic carbocycles. The first-order valence-electron chi connectivity index (χ1n) is 6.81. The van der Waals surface area contributed by atoms with Crippen LogP contribution >= 0.6 is 0 Å². The normalized spacial score (nSPS) is 13.4. The number of pyridine rings is 1. The van der Waals surface area contributed by atoms with E-state index < -0.39 is 23.0 Å². The van der Waals surface area contributed by atoms with Crippen molar-refractivity contribution >= 4 is 12.0 Å². The van der Waals surface area contributed by atoms with Crippen molar-refractivity contribution in [3.63, 3.8) is 0 Å². The number of nitrogens with zero attached hydrogens (tertiary/aromatic N) is 1. The van der Waals surface area contributed by atoms with Crippen molar-refractivity contribution in [1.82, 2.24) is 15.6 Å². The fourth-order valence-electron chi connectivity index (χ4n) is 1.65. The molecule has 0 spiro atoms. The van der Waals surface area contributed by atoms with Gasteiger partial charge in [0.1, 0.15) is 0 Å². The van der Waals surface area contributed by atoms with Crippen LogP contribution < -0.4 is 10.6 Å². The molecule has 1 atom stereocenters. The van der Waals surface area contributed by atoms with E-state index in [0.29, 0.717) is 0 Å². The van der Waals surface area contributed by atoms with Gasteiger partial charge in [-0.1, -0.05) is 6.07 Å². The van der Waals surface area contributed by atoms with Gasteiger partial charge in [-0.25, -0.2) is 4.79 Å². The number of hydrogen-bond acceptors (Lipinski definition) is 3. The summed E-state index contributed by atoms with van der Waals surface area (Å²) in [4.78, 5) is 27.5. The minimum Gasteiger partial charge on any atom is -0.481 e. The van der Waals surface area contributed by atoms with Crippen LogP contribution in [-0.2, 0) is 4.79 Å². The molecule has 0 saturated heterocycles. The van der Waals surface area contributed by atoms with Gasteiger partial charge >= 0.3 is 12.0 Å². The predicted molar refractivity (Wildman–Crippen MR) is 79.8 cm³/mol. The van der Waals surface area contributed by atoms with E-state index in [1.54, 1.807) is 40.0 Å². The van der Waals surface area contributed by atoms with Crippen LogP contribution in [0.25, 0.3) is 0 Å². The number of rotatable bonds is 5. The molecule has 0 aliphatic rings. The summed E-state index contributed by atoms with van der Waals surface area (Å²) in [6.45, 7) is 8.35. The van der Waals surface area contributed by atoms with Crippen molar-refractivity contribution in [2.24, 2.45) is 5.41 Å². The van der Waals surface area contributed by atoms with Crippen LogP contribution in [0.2, 0.25) is 0 Å². The molecule has 1 aromatic rings. The van der Waals surface area contributed by atoms with Gasteiger partial charge in [0, 0.05) is 6.20 Å². The Morgan fingerprint density at radius 1 is 1.24 bits per heavy atom. The fraction of sp³-hybridized carbons (Fsp3) is 0.533. The zero-order chi connectivity index (χ0) is 16.3. The highest BCUT2D eigenvalue weighted by Gasteiger charge is 2.44. The molecule has 6 nitrogen and oxygen atoms in total. The van der Waals surface area contributed by atoms with E-state index in [2.05, 4.69) is 15.6 Å². The monoisotopic (exact) mass is 293 g/mol. The van der Waals surface area contributed by atoms with Crippen molar-refractivity contribution in [3.8, 4) is 0 Å². The maximum Gasteiger partial charge on any atom is 0.315 e. The van der Waals surface area contributed by atoms with Gasteiger partial charge in [-0.2, -0.15) is 0 Å². The van der Waals surface area contributed by atoms with E-state index in [-0.39, 0.29) is 6.04 Å². The highest BCUT2D eigenvalue weighted by molar-refractivity contribution is 5.79. The van der Waals surface area contributed by atoms with Crippen molar-refractivity contribution in [2.75, 3.05) is 0 Å². The molecule has 1 unspecified atom stereocenters. The maximum atomic E-state index is 12.1. The van der Waals surface area contributed by atoms with E-state index in [9.17, 15) is 14.7 Å². The largest absolute Gasteiger partial charge is 0.481 e. The number of aliphatic carboxylic acids is 1. The predicted octanol–water partition coefficient (Wildman–Crippen LogP) is 2.33. The van der Waals surface area contributed by atoms with Gasteiger partial charge in [-0.3, -0.25) is 9.78 Å². The van der Waals surface area contributed by atoms with Crippen molar-refractivity contribution in [1.29, 1.82) is 0 Å². The second kappa shape index (κ2) is 6.11. The molecule has 1 rings (SSSR count). The van der Waals surface area contributed by atoms with Gasteiger partial charge < -0.3 is 15.7 Å². The Balaban J connectivity index is 2.71. The lowest BCUT2D eigenvalue weighted by Crippen LogP contribution is -2.59. The van der Waals surface area contributed by atoms with Crippen molar-refractivity contribution in [2.45, 2.75) is 46.2 Å². The Hall–Kier alpha value is -2.11. The average molecular weight is 293 g/mol. The highest BCUT2D eigenvalue weighted by Crippen LogP contribution is 2.30. The van der Waals surface area contributed by atoms with Crippen LogP contribution in [0.3, 0.4) is 0 Å². The lowest BCUT2D eigenvalue weighted by molar-refractivity contribution is -0.150. The Morgan fingerprint density at radius 3 is 2.33 bits per heavy atom. The number of hydrogen-bond donors (Lipinski definition) is 3. The molecule has 0 aliphatic heterocycles. The summed E-state index contributed by atoms with van der Waals surface area (Å²) < 4.78 is 0. The van der Waals surface area contributed by atoms with Gasteiger partial charge in [0.25, 0.3) is 0 Å². The molecular weight excluding hydrogens is 270 g/mol. The number of urea groups is 1. The third kappa shape index (κ3) is 3.93. The third-order valence-electron chi connectivity index (χ3n) is 4.00. The Bertz CT molecular complexity index is 512. The molecule has 0 bridgehead atoms. The lowest BCUT2D eigenvalue weighted by Gasteiger charge is -2.38. The number of carboxylic acid groups (broad SMARTS) is 1. The molecular formula is C15H23N3O3. The number of carbonyl (C=O) groups is 2. The van der Waals surface area contributed by atoms with Gasteiger partial charge in [-0.05, 0) is 46.8 Å². The maximum absolute atomic E-state index is 12.1. The molecule has 3 N–H and O–H groups in total. The van der Waals surface area contributed by atoms with E-state index in [0.717, 1.165) is 5.69 Å². The van der Waals surface area contributed by atoms with Crippen LogP contribution in [0.5, 0.6) is 0 Å². The number of nitrogens with one attached hydrogen (secondary N) is 2. The van der Waals surface area contributed by atoms with Crippen molar-refractivity contribution < 1.29 is 14.7 Å². The quantitative estimate of drug-likeness (QED) is 0.777. The molecule has 1 aromatic heterocycles. The zero-order valence-electron chi connectivity index (χ0n) is 13.1. The Morgan fingerprint density at radius 2 is 1.86 bits per heavy atom. The second-order valence-electron chi connectivity index (χ2n) is 6.13. The van der Waals surface area contributed by atoms with E-state index in [4.69, 9.17) is 0 Å². The smallest absolute Gasteiger partial charge is 0.315 e. The summed E-state index contributed by atoms with van der Waals surface area (Å²) in [5.41, 5.74) is -1.27. The molecule has 2 amide bonds. The Labute approximate surface area is 125 Å². The van der Waals surface area contributed by atoms with Crippen LogP contribution in [0, 0.1) is 5.41 Å². The zero-order valence-corrected chi connectivity index (χ0v) is 13.1. The minimum atomic E-state index is -1.10. The SMILES string of the molecule is CC(NC(=O)NC(C)(C)C(C)(C)C(=O)O)c1ccccn1. The molecule has 0 aromatic carbocycles. The lowest BCUT2D eigenvalue weighted by atomic mass is 9.74. The summed E-state index contributed by atoms with van der Waals surface area (Å²) in [5.74, 6) is -0.967. The summed E-state index contributed by atoms with van der Waals surface area (Å²) in [6.07, 6.45) is 1.66. The van der Waals surface area contributed by atoms with Crippen LogP contribution in [-0.4, -0.2) is 27.6 Å². The van der Waals surface area contributed by atoms with Gasteiger partial charge in [-0.15, -0.1) is 0 Å². The molecule has 1 heterocycles. The molecule has 116 valence electrons. The van der Waals surface area contributed by atoms with Crippen LogP contribution in [0.1, 0.15) is 46.4 Å². The number of carbonyl (C=O) groups excluding carboxylic acids is 1. The van der Waals surface area contributed by atoms with Gasteiger partial charge in [0.15, 0.2) is 0 Å². The molecule has 0 saturated carbocycles. The first kappa shape index (κ1) is 16.9. The number of carboxylic acids is 1. The number of amides is 2.